The number of rotatable bonds is 6. The molecule has 16 heavy (non-hydrogen) atoms. The van der Waals surface area contributed by atoms with Crippen LogP contribution in [-0.4, -0.2) is 42.0 Å². The van der Waals surface area contributed by atoms with E-state index in [0.717, 1.165) is 45.2 Å². The van der Waals surface area contributed by atoms with Gasteiger partial charge in [-0.3, -0.25) is 0 Å². The van der Waals surface area contributed by atoms with E-state index < -0.39 is 0 Å². The lowest BCUT2D eigenvalue weighted by atomic mass is 9.87. The maximum Gasteiger partial charge on any atom is 0.127 e. The number of carbonyl (C=O) groups excluding carboxylic acids is 1. The van der Waals surface area contributed by atoms with Gasteiger partial charge in [0.15, 0.2) is 0 Å². The van der Waals surface area contributed by atoms with Gasteiger partial charge in [0.25, 0.3) is 0 Å². The normalized spacial score (nSPS) is 27.6. The lowest BCUT2D eigenvalue weighted by molar-refractivity contribution is -0.116. The van der Waals surface area contributed by atoms with Crippen LogP contribution in [0.5, 0.6) is 0 Å². The standard InChI is InChI=1S/C13H25NO2/c1-4-6-13(3,10-15)9-14-7-5-12(8-14)11(2)16/h10-12,16H,4-9H2,1-3H3. The molecule has 0 radical (unpaired) electrons. The molecule has 0 aromatic heterocycles. The molecule has 0 aromatic carbocycles. The third kappa shape index (κ3) is 3.56. The molecule has 1 heterocycles. The quantitative estimate of drug-likeness (QED) is 0.702. The smallest absolute Gasteiger partial charge is 0.127 e. The fourth-order valence-corrected chi connectivity index (χ4v) is 2.66. The van der Waals surface area contributed by atoms with Gasteiger partial charge in [0.1, 0.15) is 6.29 Å². The molecule has 3 atom stereocenters. The van der Waals surface area contributed by atoms with Crippen LogP contribution in [0, 0.1) is 11.3 Å². The van der Waals surface area contributed by atoms with E-state index in [1.54, 1.807) is 0 Å². The van der Waals surface area contributed by atoms with Gasteiger partial charge in [-0.2, -0.15) is 0 Å². The van der Waals surface area contributed by atoms with Crippen LogP contribution in [0.1, 0.15) is 40.0 Å². The first kappa shape index (κ1) is 13.7. The number of aliphatic hydroxyl groups is 1. The van der Waals surface area contributed by atoms with Gasteiger partial charge in [0.2, 0.25) is 0 Å². The topological polar surface area (TPSA) is 40.5 Å². The van der Waals surface area contributed by atoms with E-state index in [0.29, 0.717) is 5.92 Å². The number of aliphatic hydroxyl groups excluding tert-OH is 1. The Hall–Kier alpha value is -0.410. The van der Waals surface area contributed by atoms with Crippen molar-refractivity contribution in [2.24, 2.45) is 11.3 Å². The second kappa shape index (κ2) is 5.78. The second-order valence-electron chi connectivity index (χ2n) is 5.55. The van der Waals surface area contributed by atoms with Crippen LogP contribution in [0.25, 0.3) is 0 Å². The minimum absolute atomic E-state index is 0.206. The Morgan fingerprint density at radius 1 is 1.62 bits per heavy atom. The molecule has 0 aromatic rings. The van der Waals surface area contributed by atoms with E-state index >= 15 is 0 Å². The SMILES string of the molecule is CCCC(C)(C=O)CN1CCC(C(C)O)C1. The van der Waals surface area contributed by atoms with Gasteiger partial charge in [-0.25, -0.2) is 0 Å². The molecular weight excluding hydrogens is 202 g/mol. The van der Waals surface area contributed by atoms with Crippen LogP contribution in [0.4, 0.5) is 0 Å². The zero-order chi connectivity index (χ0) is 12.2. The summed E-state index contributed by atoms with van der Waals surface area (Å²) in [5.41, 5.74) is -0.206. The van der Waals surface area contributed by atoms with E-state index in [-0.39, 0.29) is 11.5 Å². The number of hydrogen-bond donors (Lipinski definition) is 1. The van der Waals surface area contributed by atoms with Crippen LogP contribution in [0.15, 0.2) is 0 Å². The van der Waals surface area contributed by atoms with Gasteiger partial charge in [0, 0.05) is 18.5 Å². The summed E-state index contributed by atoms with van der Waals surface area (Å²) in [5.74, 6) is 0.387. The predicted molar refractivity (Wildman–Crippen MR) is 65.3 cm³/mol. The molecule has 1 rings (SSSR count). The van der Waals surface area contributed by atoms with Crippen molar-refractivity contribution in [3.05, 3.63) is 0 Å². The molecule has 0 aliphatic carbocycles. The molecule has 1 fully saturated rings. The summed E-state index contributed by atoms with van der Waals surface area (Å²) in [6, 6.07) is 0. The van der Waals surface area contributed by atoms with Crippen molar-refractivity contribution in [1.29, 1.82) is 0 Å². The highest BCUT2D eigenvalue weighted by Gasteiger charge is 2.31. The molecule has 0 saturated carbocycles. The number of nitrogens with zero attached hydrogens (tertiary/aromatic N) is 1. The number of hydrogen-bond acceptors (Lipinski definition) is 3. The Labute approximate surface area is 98.8 Å². The molecule has 1 aliphatic rings. The fraction of sp³-hybridized carbons (Fsp3) is 0.923. The average molecular weight is 227 g/mol. The zero-order valence-corrected chi connectivity index (χ0v) is 10.8. The summed E-state index contributed by atoms with van der Waals surface area (Å²) >= 11 is 0. The van der Waals surface area contributed by atoms with Crippen LogP contribution < -0.4 is 0 Å². The summed E-state index contributed by atoms with van der Waals surface area (Å²) in [6.45, 7) is 8.81. The minimum atomic E-state index is -0.223. The van der Waals surface area contributed by atoms with Gasteiger partial charge < -0.3 is 14.8 Å². The first-order valence-corrected chi connectivity index (χ1v) is 6.37. The Balaban J connectivity index is 2.46. The number of aldehydes is 1. The van der Waals surface area contributed by atoms with Crippen molar-refractivity contribution in [3.63, 3.8) is 0 Å². The lowest BCUT2D eigenvalue weighted by Crippen LogP contribution is -2.36. The van der Waals surface area contributed by atoms with Crippen LogP contribution in [0.2, 0.25) is 0 Å². The molecule has 3 heteroatoms. The van der Waals surface area contributed by atoms with Gasteiger partial charge in [-0.05, 0) is 32.2 Å². The highest BCUT2D eigenvalue weighted by molar-refractivity contribution is 5.59. The van der Waals surface area contributed by atoms with E-state index in [9.17, 15) is 9.90 Å². The van der Waals surface area contributed by atoms with E-state index in [1.165, 1.54) is 0 Å². The van der Waals surface area contributed by atoms with Crippen molar-refractivity contribution in [2.75, 3.05) is 19.6 Å². The molecule has 3 unspecified atom stereocenters. The molecule has 1 saturated heterocycles. The monoisotopic (exact) mass is 227 g/mol. The van der Waals surface area contributed by atoms with Crippen molar-refractivity contribution in [3.8, 4) is 0 Å². The summed E-state index contributed by atoms with van der Waals surface area (Å²) < 4.78 is 0. The van der Waals surface area contributed by atoms with E-state index in [1.807, 2.05) is 13.8 Å². The van der Waals surface area contributed by atoms with Gasteiger partial charge in [-0.15, -0.1) is 0 Å². The largest absolute Gasteiger partial charge is 0.393 e. The molecule has 1 N–H and O–H groups in total. The van der Waals surface area contributed by atoms with Crippen molar-refractivity contribution in [2.45, 2.75) is 46.1 Å². The molecule has 0 bridgehead atoms. The maximum absolute atomic E-state index is 11.1. The lowest BCUT2D eigenvalue weighted by Gasteiger charge is -2.28. The van der Waals surface area contributed by atoms with Gasteiger partial charge >= 0.3 is 0 Å². The third-order valence-corrected chi connectivity index (χ3v) is 3.68. The molecule has 3 nitrogen and oxygen atoms in total. The van der Waals surface area contributed by atoms with Crippen molar-refractivity contribution >= 4 is 6.29 Å². The fourth-order valence-electron chi connectivity index (χ4n) is 2.66. The number of likely N-dealkylation sites (tertiary alicyclic amines) is 1. The third-order valence-electron chi connectivity index (χ3n) is 3.68. The van der Waals surface area contributed by atoms with Crippen LogP contribution in [0.3, 0.4) is 0 Å². The summed E-state index contributed by atoms with van der Waals surface area (Å²) in [4.78, 5) is 13.5. The summed E-state index contributed by atoms with van der Waals surface area (Å²) in [7, 11) is 0. The highest BCUT2D eigenvalue weighted by atomic mass is 16.3. The maximum atomic E-state index is 11.1. The summed E-state index contributed by atoms with van der Waals surface area (Å²) in [5, 5.41) is 9.53. The molecule has 0 spiro atoms. The van der Waals surface area contributed by atoms with Crippen molar-refractivity contribution < 1.29 is 9.90 Å². The van der Waals surface area contributed by atoms with Crippen LogP contribution in [-0.2, 0) is 4.79 Å². The highest BCUT2D eigenvalue weighted by Crippen LogP contribution is 2.26. The Kier molecular flexibility index (Phi) is 4.93. The predicted octanol–water partition coefficient (Wildman–Crippen LogP) is 1.69. The van der Waals surface area contributed by atoms with Gasteiger partial charge in [-0.1, -0.05) is 20.3 Å². The number of carbonyl (C=O) groups is 1. The Bertz CT molecular complexity index is 230. The first-order valence-electron chi connectivity index (χ1n) is 6.37. The molecule has 0 amide bonds. The van der Waals surface area contributed by atoms with Crippen molar-refractivity contribution in [1.82, 2.24) is 4.90 Å². The van der Waals surface area contributed by atoms with Crippen LogP contribution >= 0.6 is 0 Å². The molecule has 1 aliphatic heterocycles. The van der Waals surface area contributed by atoms with E-state index in [2.05, 4.69) is 11.8 Å². The Morgan fingerprint density at radius 3 is 2.75 bits per heavy atom. The first-order chi connectivity index (χ1) is 7.50. The molecular formula is C13H25NO2. The average Bonchev–Trinajstić information content (AvgIpc) is 2.66. The van der Waals surface area contributed by atoms with Gasteiger partial charge in [0.05, 0.1) is 6.10 Å². The zero-order valence-electron chi connectivity index (χ0n) is 10.8. The summed E-state index contributed by atoms with van der Waals surface area (Å²) in [6.07, 6.45) is 3.93. The second-order valence-corrected chi connectivity index (χ2v) is 5.55. The van der Waals surface area contributed by atoms with E-state index in [4.69, 9.17) is 0 Å². The Morgan fingerprint density at radius 2 is 2.31 bits per heavy atom. The molecule has 94 valence electrons. The minimum Gasteiger partial charge on any atom is -0.393 e.